The van der Waals surface area contributed by atoms with Gasteiger partial charge in [0.1, 0.15) is 12.1 Å². The summed E-state index contributed by atoms with van der Waals surface area (Å²) in [6, 6.07) is 17.9. The van der Waals surface area contributed by atoms with E-state index in [4.69, 9.17) is 4.74 Å². The molecule has 1 amide bonds. The molecule has 4 aromatic rings. The lowest BCUT2D eigenvalue weighted by atomic mass is 10.1. The lowest BCUT2D eigenvalue weighted by Gasteiger charge is -2.08. The summed E-state index contributed by atoms with van der Waals surface area (Å²) in [6.45, 7) is 0.571. The molecule has 0 saturated heterocycles. The SMILES string of the molecule is O=C(COc1ccc(-c2ccccc2)cc1)NCCCc1cnc2ncnn2c1. The van der Waals surface area contributed by atoms with Gasteiger partial charge in [-0.2, -0.15) is 10.1 Å². The summed E-state index contributed by atoms with van der Waals surface area (Å²) in [5.74, 6) is 1.12. The molecule has 4 rings (SSSR count). The van der Waals surface area contributed by atoms with Crippen LogP contribution in [0.2, 0.25) is 0 Å². The van der Waals surface area contributed by atoms with Crippen molar-refractivity contribution >= 4 is 11.7 Å². The standard InChI is InChI=1S/C22H21N5O2/c28-21(23-12-4-5-17-13-24-22-25-16-26-27(22)14-17)15-29-20-10-8-19(9-11-20)18-6-2-1-3-7-18/h1-3,6-11,13-14,16H,4-5,12,15H2,(H,23,28). The number of nitrogens with zero attached hydrogens (tertiary/aromatic N) is 4. The van der Waals surface area contributed by atoms with Gasteiger partial charge in [-0.1, -0.05) is 42.5 Å². The molecule has 0 fully saturated rings. The van der Waals surface area contributed by atoms with Crippen molar-refractivity contribution in [1.82, 2.24) is 24.9 Å². The third-order valence-electron chi connectivity index (χ3n) is 4.48. The maximum Gasteiger partial charge on any atom is 0.257 e. The minimum Gasteiger partial charge on any atom is -0.484 e. The Labute approximate surface area is 168 Å². The van der Waals surface area contributed by atoms with E-state index in [1.54, 1.807) is 10.7 Å². The normalized spacial score (nSPS) is 10.8. The Hall–Kier alpha value is -3.74. The molecular weight excluding hydrogens is 366 g/mol. The van der Waals surface area contributed by atoms with Crippen molar-refractivity contribution in [3.8, 4) is 16.9 Å². The van der Waals surface area contributed by atoms with Crippen LogP contribution in [0.15, 0.2) is 73.3 Å². The summed E-state index contributed by atoms with van der Waals surface area (Å²) >= 11 is 0. The predicted molar refractivity (Wildman–Crippen MR) is 109 cm³/mol. The zero-order valence-electron chi connectivity index (χ0n) is 15.9. The highest BCUT2D eigenvalue weighted by molar-refractivity contribution is 5.77. The van der Waals surface area contributed by atoms with Gasteiger partial charge in [0.05, 0.1) is 0 Å². The molecule has 29 heavy (non-hydrogen) atoms. The first-order chi connectivity index (χ1) is 14.3. The van der Waals surface area contributed by atoms with Gasteiger partial charge >= 0.3 is 0 Å². The fourth-order valence-electron chi connectivity index (χ4n) is 2.98. The van der Waals surface area contributed by atoms with Crippen LogP contribution >= 0.6 is 0 Å². The van der Waals surface area contributed by atoms with E-state index in [1.165, 1.54) is 6.33 Å². The minimum atomic E-state index is -0.137. The van der Waals surface area contributed by atoms with Crippen LogP contribution in [0.25, 0.3) is 16.9 Å². The molecule has 0 radical (unpaired) electrons. The number of aryl methyl sites for hydroxylation is 1. The van der Waals surface area contributed by atoms with Gasteiger partial charge in [-0.15, -0.1) is 0 Å². The Kier molecular flexibility index (Phi) is 5.76. The Morgan fingerprint density at radius 2 is 1.79 bits per heavy atom. The quantitative estimate of drug-likeness (QED) is 0.470. The van der Waals surface area contributed by atoms with Crippen LogP contribution in [0.5, 0.6) is 5.75 Å². The van der Waals surface area contributed by atoms with E-state index in [0.29, 0.717) is 18.1 Å². The van der Waals surface area contributed by atoms with Crippen molar-refractivity contribution in [1.29, 1.82) is 0 Å². The van der Waals surface area contributed by atoms with Crippen molar-refractivity contribution in [3.05, 3.63) is 78.9 Å². The summed E-state index contributed by atoms with van der Waals surface area (Å²) < 4.78 is 7.22. The van der Waals surface area contributed by atoms with Crippen LogP contribution in [-0.2, 0) is 11.2 Å². The van der Waals surface area contributed by atoms with E-state index in [1.807, 2.05) is 48.7 Å². The van der Waals surface area contributed by atoms with Crippen LogP contribution in [0.4, 0.5) is 0 Å². The monoisotopic (exact) mass is 387 g/mol. The van der Waals surface area contributed by atoms with Gasteiger partial charge in [0.25, 0.3) is 11.7 Å². The van der Waals surface area contributed by atoms with Gasteiger partial charge in [0.2, 0.25) is 0 Å². The molecule has 0 saturated carbocycles. The number of ether oxygens (including phenoxy) is 1. The van der Waals surface area contributed by atoms with Crippen molar-refractivity contribution in [2.75, 3.05) is 13.2 Å². The molecule has 146 valence electrons. The zero-order valence-corrected chi connectivity index (χ0v) is 15.9. The zero-order chi connectivity index (χ0) is 19.9. The summed E-state index contributed by atoms with van der Waals surface area (Å²) in [5, 5.41) is 6.94. The molecule has 0 aliphatic carbocycles. The first kappa shape index (κ1) is 18.6. The Bertz CT molecular complexity index is 1080. The molecule has 2 aromatic heterocycles. The fraction of sp³-hybridized carbons (Fsp3) is 0.182. The highest BCUT2D eigenvalue weighted by atomic mass is 16.5. The van der Waals surface area contributed by atoms with Crippen LogP contribution in [0, 0.1) is 0 Å². The fourth-order valence-corrected chi connectivity index (χ4v) is 2.98. The number of amides is 1. The number of carbonyl (C=O) groups excluding carboxylic acids is 1. The summed E-state index contributed by atoms with van der Waals surface area (Å²) in [5.41, 5.74) is 3.31. The third-order valence-corrected chi connectivity index (χ3v) is 4.48. The number of benzene rings is 2. The van der Waals surface area contributed by atoms with E-state index in [-0.39, 0.29) is 12.5 Å². The van der Waals surface area contributed by atoms with Crippen LogP contribution in [0.3, 0.4) is 0 Å². The number of carbonyl (C=O) groups is 1. The summed E-state index contributed by atoms with van der Waals surface area (Å²) in [4.78, 5) is 20.2. The molecule has 0 bridgehead atoms. The lowest BCUT2D eigenvalue weighted by molar-refractivity contribution is -0.123. The minimum absolute atomic E-state index is 0.00282. The van der Waals surface area contributed by atoms with Crippen LogP contribution in [-0.4, -0.2) is 38.6 Å². The number of hydrogen-bond donors (Lipinski definition) is 1. The Morgan fingerprint density at radius 1 is 1.00 bits per heavy atom. The van der Waals surface area contributed by atoms with Crippen LogP contribution in [0.1, 0.15) is 12.0 Å². The highest BCUT2D eigenvalue weighted by Gasteiger charge is 2.04. The van der Waals surface area contributed by atoms with Gasteiger partial charge in [-0.05, 0) is 41.7 Å². The number of rotatable bonds is 8. The molecule has 0 aliphatic rings. The number of hydrogen-bond acceptors (Lipinski definition) is 5. The van der Waals surface area contributed by atoms with Crippen molar-refractivity contribution < 1.29 is 9.53 Å². The first-order valence-corrected chi connectivity index (χ1v) is 9.47. The molecule has 0 spiro atoms. The van der Waals surface area contributed by atoms with Crippen molar-refractivity contribution in [2.24, 2.45) is 0 Å². The Morgan fingerprint density at radius 3 is 2.62 bits per heavy atom. The van der Waals surface area contributed by atoms with Gasteiger partial charge in [0.15, 0.2) is 6.61 Å². The smallest absolute Gasteiger partial charge is 0.257 e. The van der Waals surface area contributed by atoms with E-state index < -0.39 is 0 Å². The van der Waals surface area contributed by atoms with E-state index in [2.05, 4.69) is 32.5 Å². The van der Waals surface area contributed by atoms with Crippen molar-refractivity contribution in [2.45, 2.75) is 12.8 Å². The summed E-state index contributed by atoms with van der Waals surface area (Å²) in [6.07, 6.45) is 6.76. The second-order valence-electron chi connectivity index (χ2n) is 6.60. The third kappa shape index (κ3) is 4.95. The van der Waals surface area contributed by atoms with E-state index in [9.17, 15) is 4.79 Å². The molecule has 0 unspecified atom stereocenters. The molecule has 1 N–H and O–H groups in total. The number of fused-ring (bicyclic) bond motifs is 1. The number of aromatic nitrogens is 4. The molecule has 0 atom stereocenters. The topological polar surface area (TPSA) is 81.4 Å². The summed E-state index contributed by atoms with van der Waals surface area (Å²) in [7, 11) is 0. The molecule has 0 aliphatic heterocycles. The van der Waals surface area contributed by atoms with Gasteiger partial charge in [-0.25, -0.2) is 9.50 Å². The molecule has 2 aromatic carbocycles. The number of nitrogens with one attached hydrogen (secondary N) is 1. The predicted octanol–water partition coefficient (Wildman–Crippen LogP) is 2.92. The lowest BCUT2D eigenvalue weighted by Crippen LogP contribution is -2.29. The average molecular weight is 387 g/mol. The Balaban J connectivity index is 1.18. The molecule has 7 heteroatoms. The van der Waals surface area contributed by atoms with Crippen molar-refractivity contribution in [3.63, 3.8) is 0 Å². The van der Waals surface area contributed by atoms with E-state index >= 15 is 0 Å². The first-order valence-electron chi connectivity index (χ1n) is 9.47. The molecular formula is C22H21N5O2. The highest BCUT2D eigenvalue weighted by Crippen LogP contribution is 2.21. The molecule has 2 heterocycles. The average Bonchev–Trinajstić information content (AvgIpc) is 3.24. The maximum atomic E-state index is 12.0. The largest absolute Gasteiger partial charge is 0.484 e. The van der Waals surface area contributed by atoms with Crippen LogP contribution < -0.4 is 10.1 Å². The van der Waals surface area contributed by atoms with E-state index in [0.717, 1.165) is 29.5 Å². The maximum absolute atomic E-state index is 12.0. The van der Waals surface area contributed by atoms with Gasteiger partial charge in [-0.3, -0.25) is 4.79 Å². The van der Waals surface area contributed by atoms with Gasteiger partial charge < -0.3 is 10.1 Å². The van der Waals surface area contributed by atoms with Gasteiger partial charge in [0, 0.05) is 18.9 Å². The second-order valence-corrected chi connectivity index (χ2v) is 6.60. The molecule has 7 nitrogen and oxygen atoms in total. The second kappa shape index (κ2) is 8.97.